The normalized spacial score (nSPS) is 13.1. The Balaban J connectivity index is 0. The third-order valence-corrected chi connectivity index (χ3v) is 6.80. The first kappa shape index (κ1) is 33.8. The van der Waals surface area contributed by atoms with Crippen molar-refractivity contribution in [1.82, 2.24) is 0 Å². The number of alkyl halides is 6. The van der Waals surface area contributed by atoms with E-state index in [2.05, 4.69) is 27.4 Å². The molecular weight excluding hydrogens is 506 g/mol. The van der Waals surface area contributed by atoms with E-state index >= 15 is 0 Å². The summed E-state index contributed by atoms with van der Waals surface area (Å²) in [4.78, 5) is 11.0. The summed E-state index contributed by atoms with van der Waals surface area (Å²) in [5.41, 5.74) is -12.4. The number of hydrogen-bond acceptors (Lipinski definition) is 6. The van der Waals surface area contributed by atoms with Crippen molar-refractivity contribution in [3.63, 3.8) is 0 Å². The fourth-order valence-electron chi connectivity index (χ4n) is 2.94. The van der Waals surface area contributed by atoms with Crippen LogP contribution in [0.15, 0.2) is 12.7 Å². The number of nitrogens with zero attached hydrogens (tertiary/aromatic N) is 2. The monoisotopic (exact) mass is 536 g/mol. The van der Waals surface area contributed by atoms with Gasteiger partial charge in [0.15, 0.2) is 20.0 Å². The molecule has 0 amide bonds. The zero-order valence-corrected chi connectivity index (χ0v) is 20.2. The molecule has 0 unspecified atom stereocenters. The largest absolute Gasteiger partial charge is 0.480 e. The molecular formula is C17H30F6N2O6S2. The molecule has 0 aliphatic heterocycles. The maximum Gasteiger partial charge on any atom is 0.480 e. The van der Waals surface area contributed by atoms with E-state index < -0.39 is 31.1 Å². The summed E-state index contributed by atoms with van der Waals surface area (Å²) < 4.78 is 115. The molecule has 8 nitrogen and oxygen atoms in total. The van der Waals surface area contributed by atoms with Crippen molar-refractivity contribution in [2.75, 3.05) is 32.8 Å². The van der Waals surface area contributed by atoms with Crippen molar-refractivity contribution >= 4 is 26.0 Å². The van der Waals surface area contributed by atoms with Crippen LogP contribution in [0.5, 0.6) is 0 Å². The standard InChI is InChI=1S/C15H30NO2.C2F6NO4S2/c1-5-10-16(11-6-2,12-7-3)13-9-14-18-15(17)8-4;3-1(4,5)14(10,11)9-15(12,13)2(6,7)8/h8H,4-7,9-14H2,1-3H3;/q+1;-1. The van der Waals surface area contributed by atoms with E-state index in [0.717, 1.165) is 17.1 Å². The van der Waals surface area contributed by atoms with Crippen LogP contribution in [0.2, 0.25) is 0 Å². The van der Waals surface area contributed by atoms with Crippen LogP contribution in [-0.2, 0) is 29.6 Å². The van der Waals surface area contributed by atoms with Crippen LogP contribution in [0.1, 0.15) is 46.5 Å². The summed E-state index contributed by atoms with van der Waals surface area (Å²) in [6, 6.07) is 0. The Morgan fingerprint density at radius 2 is 1.21 bits per heavy atom. The lowest BCUT2D eigenvalue weighted by Gasteiger charge is -2.38. The van der Waals surface area contributed by atoms with Crippen molar-refractivity contribution in [1.29, 1.82) is 0 Å². The molecule has 0 heterocycles. The van der Waals surface area contributed by atoms with Crippen LogP contribution in [0.3, 0.4) is 0 Å². The van der Waals surface area contributed by atoms with Crippen LogP contribution >= 0.6 is 0 Å². The van der Waals surface area contributed by atoms with Crippen LogP contribution in [0.4, 0.5) is 26.3 Å². The molecule has 0 aliphatic carbocycles. The lowest BCUT2D eigenvalue weighted by molar-refractivity contribution is -0.928. The van der Waals surface area contributed by atoms with Crippen molar-refractivity contribution in [2.45, 2.75) is 57.5 Å². The molecule has 0 spiro atoms. The fourth-order valence-corrected chi connectivity index (χ4v) is 4.65. The van der Waals surface area contributed by atoms with Crippen LogP contribution < -0.4 is 0 Å². The highest BCUT2D eigenvalue weighted by Crippen LogP contribution is 2.36. The highest BCUT2D eigenvalue weighted by Gasteiger charge is 2.46. The Labute approximate surface area is 190 Å². The Bertz CT molecular complexity index is 752. The average Bonchev–Trinajstić information content (AvgIpc) is 2.63. The predicted molar refractivity (Wildman–Crippen MR) is 110 cm³/mol. The number of esters is 1. The van der Waals surface area contributed by atoms with Crippen molar-refractivity contribution < 1.29 is 57.2 Å². The summed E-state index contributed by atoms with van der Waals surface area (Å²) in [5, 5.41) is 0. The molecule has 0 aromatic heterocycles. The van der Waals surface area contributed by atoms with Gasteiger partial charge in [0.25, 0.3) is 0 Å². The average molecular weight is 537 g/mol. The third-order valence-electron chi connectivity index (χ3n) is 4.06. The summed E-state index contributed by atoms with van der Waals surface area (Å²) in [7, 11) is -13.4. The molecule has 198 valence electrons. The van der Waals surface area contributed by atoms with Crippen LogP contribution in [0, 0.1) is 0 Å². The molecule has 0 aromatic carbocycles. The van der Waals surface area contributed by atoms with Gasteiger partial charge in [-0.1, -0.05) is 27.4 Å². The number of carbonyl (C=O) groups is 1. The molecule has 0 rings (SSSR count). The SMILES string of the molecule is C=CC(=O)OCCC[N+](CCC)(CCC)CCC.O=S(=O)([N-]S(=O)(=O)C(F)(F)F)C(F)(F)F. The Morgan fingerprint density at radius 1 is 0.848 bits per heavy atom. The van der Waals surface area contributed by atoms with Crippen molar-refractivity contribution in [3.8, 4) is 0 Å². The quantitative estimate of drug-likeness (QED) is 0.115. The lowest BCUT2D eigenvalue weighted by Crippen LogP contribution is -2.50. The van der Waals surface area contributed by atoms with Crippen LogP contribution in [0.25, 0.3) is 4.13 Å². The van der Waals surface area contributed by atoms with Gasteiger partial charge in [0, 0.05) is 12.5 Å². The van der Waals surface area contributed by atoms with Gasteiger partial charge >= 0.3 is 17.0 Å². The molecule has 0 saturated heterocycles. The van der Waals surface area contributed by atoms with Gasteiger partial charge in [-0.25, -0.2) is 21.6 Å². The van der Waals surface area contributed by atoms with E-state index in [4.69, 9.17) is 4.74 Å². The van der Waals surface area contributed by atoms with E-state index in [9.17, 15) is 48.0 Å². The highest BCUT2D eigenvalue weighted by molar-refractivity contribution is 8.13. The first-order valence-corrected chi connectivity index (χ1v) is 12.7. The number of rotatable bonds is 13. The zero-order valence-electron chi connectivity index (χ0n) is 18.6. The Morgan fingerprint density at radius 3 is 1.48 bits per heavy atom. The minimum absolute atomic E-state index is 0.311. The van der Waals surface area contributed by atoms with Gasteiger partial charge in [-0.3, -0.25) is 0 Å². The van der Waals surface area contributed by atoms with Gasteiger partial charge in [0.1, 0.15) is 0 Å². The number of hydrogen-bond donors (Lipinski definition) is 0. The second-order valence-corrected chi connectivity index (χ2v) is 10.3. The van der Waals surface area contributed by atoms with Gasteiger partial charge in [-0.15, -0.1) is 0 Å². The maximum absolute atomic E-state index is 11.4. The number of halogens is 6. The lowest BCUT2D eigenvalue weighted by atomic mass is 10.2. The van der Waals surface area contributed by atoms with E-state index in [1.807, 2.05) is 0 Å². The zero-order chi connectivity index (χ0) is 26.6. The Kier molecular flexibility index (Phi) is 14.4. The molecule has 0 N–H and O–H groups in total. The molecule has 0 saturated carbocycles. The first-order chi connectivity index (χ1) is 14.8. The number of ether oxygens (including phenoxy) is 1. The highest BCUT2D eigenvalue weighted by atomic mass is 32.3. The molecule has 0 aliphatic rings. The summed E-state index contributed by atoms with van der Waals surface area (Å²) >= 11 is 0. The van der Waals surface area contributed by atoms with Gasteiger partial charge in [-0.05, 0) is 19.3 Å². The second-order valence-electron chi connectivity index (χ2n) is 6.88. The number of carbonyl (C=O) groups excluding carboxylic acids is 1. The van der Waals surface area contributed by atoms with Gasteiger partial charge in [-0.2, -0.15) is 26.3 Å². The summed E-state index contributed by atoms with van der Waals surface area (Å²) in [5.74, 6) is -0.311. The third kappa shape index (κ3) is 12.6. The molecule has 33 heavy (non-hydrogen) atoms. The summed E-state index contributed by atoms with van der Waals surface area (Å²) in [6.45, 7) is 15.5. The van der Waals surface area contributed by atoms with E-state index in [-0.39, 0.29) is 5.97 Å². The van der Waals surface area contributed by atoms with E-state index in [1.165, 1.54) is 49.5 Å². The predicted octanol–water partition coefficient (Wildman–Crippen LogP) is 4.21. The molecule has 16 heteroatoms. The van der Waals surface area contributed by atoms with Gasteiger partial charge < -0.3 is 13.3 Å². The molecule has 0 radical (unpaired) electrons. The molecule has 0 fully saturated rings. The van der Waals surface area contributed by atoms with Crippen molar-refractivity contribution in [3.05, 3.63) is 16.8 Å². The number of quaternary nitrogens is 1. The van der Waals surface area contributed by atoms with Crippen LogP contribution in [-0.4, -0.2) is 71.1 Å². The van der Waals surface area contributed by atoms with E-state index in [0.29, 0.717) is 6.61 Å². The second kappa shape index (κ2) is 14.1. The minimum Gasteiger partial charge on any atom is -0.462 e. The Hall–Kier alpha value is -1.39. The minimum atomic E-state index is -6.72. The maximum atomic E-state index is 11.4. The van der Waals surface area contributed by atoms with E-state index in [1.54, 1.807) is 0 Å². The fraction of sp³-hybridized carbons (Fsp3) is 0.824. The summed E-state index contributed by atoms with van der Waals surface area (Å²) in [6.07, 6.45) is 5.82. The molecule has 0 aromatic rings. The number of sulfonamides is 2. The van der Waals surface area contributed by atoms with Gasteiger partial charge in [0.2, 0.25) is 0 Å². The molecule has 0 bridgehead atoms. The molecule has 0 atom stereocenters. The smallest absolute Gasteiger partial charge is 0.462 e. The first-order valence-electron chi connectivity index (χ1n) is 9.85. The topological polar surface area (TPSA) is 109 Å². The van der Waals surface area contributed by atoms with Gasteiger partial charge in [0.05, 0.1) is 32.8 Å². The van der Waals surface area contributed by atoms with Crippen molar-refractivity contribution in [2.24, 2.45) is 0 Å².